The summed E-state index contributed by atoms with van der Waals surface area (Å²) in [6.07, 6.45) is 4.60. The number of carbonyl (C=O) groups is 1. The van der Waals surface area contributed by atoms with Gasteiger partial charge in [-0.05, 0) is 32.7 Å². The Morgan fingerprint density at radius 1 is 1.33 bits per heavy atom. The van der Waals surface area contributed by atoms with Crippen LogP contribution in [0.1, 0.15) is 45.1 Å². The van der Waals surface area contributed by atoms with Crippen molar-refractivity contribution in [1.29, 1.82) is 0 Å². The Morgan fingerprint density at radius 3 is 2.73 bits per heavy atom. The lowest BCUT2D eigenvalue weighted by molar-refractivity contribution is -0.197. The van der Waals surface area contributed by atoms with Gasteiger partial charge in [-0.15, -0.1) is 0 Å². The summed E-state index contributed by atoms with van der Waals surface area (Å²) < 4.78 is 8.09. The summed E-state index contributed by atoms with van der Waals surface area (Å²) in [6, 6.07) is -0.397. The number of carbonyl (C=O) groups excluding carboxylic acids is 1. The van der Waals surface area contributed by atoms with Crippen LogP contribution >= 0.6 is 0 Å². The van der Waals surface area contributed by atoms with Gasteiger partial charge in [-0.1, -0.05) is 0 Å². The number of nitrogens with zero attached hydrogens (tertiary/aromatic N) is 5. The Hall–Kier alpha value is -2.50. The van der Waals surface area contributed by atoms with Crippen molar-refractivity contribution in [3.8, 4) is 0 Å². The van der Waals surface area contributed by atoms with Crippen molar-refractivity contribution in [2.24, 2.45) is 5.73 Å². The Morgan fingerprint density at radius 2 is 2.07 bits per heavy atom. The van der Waals surface area contributed by atoms with Gasteiger partial charge in [0.15, 0.2) is 11.5 Å². The van der Waals surface area contributed by atoms with Gasteiger partial charge in [0.05, 0.1) is 30.2 Å². The number of ether oxygens (including phenoxy) is 1. The smallest absolute Gasteiger partial charge is 0.224 e. The van der Waals surface area contributed by atoms with E-state index >= 15 is 0 Å². The Balaban J connectivity index is 1.49. The van der Waals surface area contributed by atoms with Gasteiger partial charge in [0.2, 0.25) is 11.9 Å². The van der Waals surface area contributed by atoms with Gasteiger partial charge in [-0.25, -0.2) is 4.98 Å². The summed E-state index contributed by atoms with van der Waals surface area (Å²) in [5.74, 6) is 0.396. The number of amides is 1. The quantitative estimate of drug-likeness (QED) is 0.525. The highest BCUT2D eigenvalue weighted by Crippen LogP contribution is 2.44. The molecule has 1 amide bonds. The van der Waals surface area contributed by atoms with Crippen LogP contribution in [0, 0.1) is 0 Å². The van der Waals surface area contributed by atoms with Crippen LogP contribution in [0.2, 0.25) is 0 Å². The summed E-state index contributed by atoms with van der Waals surface area (Å²) in [6.45, 7) is 3.86. The van der Waals surface area contributed by atoms with Gasteiger partial charge < -0.3 is 36.5 Å². The first-order valence-corrected chi connectivity index (χ1v) is 10.3. The second kappa shape index (κ2) is 7.64. The molecule has 2 aliphatic rings. The summed E-state index contributed by atoms with van der Waals surface area (Å²) >= 11 is 0. The monoisotopic (exact) mass is 418 g/mol. The number of fused-ring (bicyclic) bond motifs is 1. The van der Waals surface area contributed by atoms with E-state index in [-0.39, 0.29) is 17.7 Å². The van der Waals surface area contributed by atoms with Crippen LogP contribution in [-0.2, 0) is 9.53 Å². The number of rotatable bonds is 4. The van der Waals surface area contributed by atoms with Crippen molar-refractivity contribution >= 4 is 28.8 Å². The third kappa shape index (κ3) is 3.68. The predicted octanol–water partition coefficient (Wildman–Crippen LogP) is -0.197. The van der Waals surface area contributed by atoms with Crippen LogP contribution < -0.4 is 17.2 Å². The molecule has 1 spiro atoms. The fraction of sp³-hybridized carbons (Fsp3) is 0.684. The highest BCUT2D eigenvalue weighted by Gasteiger charge is 2.50. The lowest BCUT2D eigenvalue weighted by Gasteiger charge is -2.51. The number of piperidine rings is 1. The molecule has 0 aromatic carbocycles. The number of hydrogen-bond acceptors (Lipinski definition) is 9. The van der Waals surface area contributed by atoms with Crippen LogP contribution in [0.15, 0.2) is 6.33 Å². The molecule has 11 nitrogen and oxygen atoms in total. The Bertz CT molecular complexity index is 935. The van der Waals surface area contributed by atoms with E-state index in [0.717, 1.165) is 0 Å². The Kier molecular flexibility index (Phi) is 5.28. The first kappa shape index (κ1) is 20.8. The SMILES string of the molecule is C[C@@]1(O)CC2(CCN(C(=O)CCCN)CC2)OC[C@H]1n1cnc2c(N)nc(N)nc21. The molecule has 0 unspecified atom stereocenters. The minimum absolute atomic E-state index is 0.0567. The topological polar surface area (TPSA) is 171 Å². The largest absolute Gasteiger partial charge is 0.388 e. The lowest BCUT2D eigenvalue weighted by Crippen LogP contribution is -2.58. The summed E-state index contributed by atoms with van der Waals surface area (Å²) in [5, 5.41) is 11.4. The fourth-order valence-corrected chi connectivity index (χ4v) is 4.72. The average Bonchev–Trinajstić information content (AvgIpc) is 3.10. The second-order valence-corrected chi connectivity index (χ2v) is 8.61. The summed E-state index contributed by atoms with van der Waals surface area (Å²) in [7, 11) is 0. The number of nitrogen functional groups attached to an aromatic ring is 2. The van der Waals surface area contributed by atoms with E-state index in [2.05, 4.69) is 15.0 Å². The van der Waals surface area contributed by atoms with Crippen molar-refractivity contribution in [2.45, 2.75) is 56.3 Å². The molecular formula is C19H30N8O3. The number of aliphatic hydroxyl groups is 1. The number of nitrogens with two attached hydrogens (primary N) is 3. The molecule has 2 saturated heterocycles. The van der Waals surface area contributed by atoms with Crippen LogP contribution in [0.5, 0.6) is 0 Å². The summed E-state index contributed by atoms with van der Waals surface area (Å²) in [4.78, 5) is 26.7. The van der Waals surface area contributed by atoms with Crippen molar-refractivity contribution in [3.63, 3.8) is 0 Å². The number of anilines is 2. The molecule has 2 aliphatic heterocycles. The molecule has 7 N–H and O–H groups in total. The van der Waals surface area contributed by atoms with Crippen LogP contribution in [0.25, 0.3) is 11.2 Å². The van der Waals surface area contributed by atoms with Crippen LogP contribution in [0.3, 0.4) is 0 Å². The third-order valence-electron chi connectivity index (χ3n) is 6.37. The standard InChI is InChI=1S/C19H30N8O3/c1-18(29)10-19(4-7-26(8-5-19)13(28)3-2-6-20)30-9-12(18)27-11-23-14-15(21)24-17(22)25-16(14)27/h11-12,29H,2-10,20H2,1H3,(H4,21,22,24,25)/t12-,18-/m1/s1. The molecule has 0 saturated carbocycles. The number of imidazole rings is 1. The first-order valence-electron chi connectivity index (χ1n) is 10.3. The molecule has 30 heavy (non-hydrogen) atoms. The summed E-state index contributed by atoms with van der Waals surface area (Å²) in [5.41, 5.74) is 16.6. The number of likely N-dealkylation sites (tertiary alicyclic amines) is 1. The van der Waals surface area contributed by atoms with Gasteiger partial charge in [0.25, 0.3) is 0 Å². The van der Waals surface area contributed by atoms with E-state index in [1.165, 1.54) is 0 Å². The maximum atomic E-state index is 12.3. The van der Waals surface area contributed by atoms with E-state index < -0.39 is 17.2 Å². The Labute approximate surface area is 174 Å². The molecule has 0 radical (unpaired) electrons. The molecule has 164 valence electrons. The molecule has 11 heteroatoms. The van der Waals surface area contributed by atoms with E-state index in [0.29, 0.717) is 69.5 Å². The van der Waals surface area contributed by atoms with Gasteiger partial charge >= 0.3 is 0 Å². The molecule has 2 atom stereocenters. The highest BCUT2D eigenvalue weighted by molar-refractivity contribution is 5.82. The molecule has 2 aromatic heterocycles. The van der Waals surface area contributed by atoms with Gasteiger partial charge in [0, 0.05) is 25.9 Å². The van der Waals surface area contributed by atoms with E-state index in [1.807, 2.05) is 4.90 Å². The molecule has 0 aliphatic carbocycles. The molecule has 2 fully saturated rings. The lowest BCUT2D eigenvalue weighted by atomic mass is 9.75. The van der Waals surface area contributed by atoms with Gasteiger partial charge in [-0.2, -0.15) is 9.97 Å². The second-order valence-electron chi connectivity index (χ2n) is 8.61. The van der Waals surface area contributed by atoms with Gasteiger partial charge in [-0.3, -0.25) is 4.79 Å². The van der Waals surface area contributed by atoms with Crippen molar-refractivity contribution in [1.82, 2.24) is 24.4 Å². The minimum Gasteiger partial charge on any atom is -0.388 e. The average molecular weight is 419 g/mol. The van der Waals surface area contributed by atoms with Crippen molar-refractivity contribution in [3.05, 3.63) is 6.33 Å². The molecule has 4 rings (SSSR count). The minimum atomic E-state index is -1.06. The maximum Gasteiger partial charge on any atom is 0.224 e. The van der Waals surface area contributed by atoms with Crippen LogP contribution in [-0.4, -0.2) is 72.9 Å². The van der Waals surface area contributed by atoms with Crippen molar-refractivity contribution < 1.29 is 14.6 Å². The molecular weight excluding hydrogens is 388 g/mol. The maximum absolute atomic E-state index is 12.3. The number of hydrogen-bond donors (Lipinski definition) is 4. The van der Waals surface area contributed by atoms with Crippen LogP contribution in [0.4, 0.5) is 11.8 Å². The molecule has 4 heterocycles. The third-order valence-corrected chi connectivity index (χ3v) is 6.37. The normalized spacial score (nSPS) is 26.4. The zero-order valence-electron chi connectivity index (χ0n) is 17.3. The zero-order valence-corrected chi connectivity index (χ0v) is 17.3. The number of aromatic nitrogens is 4. The fourth-order valence-electron chi connectivity index (χ4n) is 4.72. The predicted molar refractivity (Wildman–Crippen MR) is 111 cm³/mol. The zero-order chi connectivity index (χ0) is 21.5. The van der Waals surface area contributed by atoms with E-state index in [1.54, 1.807) is 17.8 Å². The molecule has 0 bridgehead atoms. The molecule has 2 aromatic rings. The van der Waals surface area contributed by atoms with E-state index in [4.69, 9.17) is 21.9 Å². The van der Waals surface area contributed by atoms with Crippen molar-refractivity contribution in [2.75, 3.05) is 37.7 Å². The van der Waals surface area contributed by atoms with Gasteiger partial charge in [0.1, 0.15) is 5.52 Å². The highest BCUT2D eigenvalue weighted by atomic mass is 16.5. The van der Waals surface area contributed by atoms with E-state index in [9.17, 15) is 9.90 Å². The first-order chi connectivity index (χ1) is 14.2.